The van der Waals surface area contributed by atoms with Crippen molar-refractivity contribution in [3.8, 4) is 23.9 Å². The predicted molar refractivity (Wildman–Crippen MR) is 484 cm³/mol. The first kappa shape index (κ1) is 120. The summed E-state index contributed by atoms with van der Waals surface area (Å²) in [6, 6.07) is 48.1. The average Bonchev–Trinajstić information content (AvgIpc) is 0.911. The molecule has 0 amide bonds. The highest BCUT2D eigenvalue weighted by molar-refractivity contribution is 9.10. The molecular formula is C76H96B4Br8Cl8N12O8. The summed E-state index contributed by atoms with van der Waals surface area (Å²) in [7, 11) is -9.24. The maximum Gasteiger partial charge on any atom is 0.188 e. The molecule has 0 saturated carbocycles. The van der Waals surface area contributed by atoms with E-state index >= 15 is 0 Å². The maximum absolute atomic E-state index is 8.98. The van der Waals surface area contributed by atoms with Crippen LogP contribution in [0.3, 0.4) is 0 Å². The Hall–Kier alpha value is -2.74. The molecule has 0 N–H and O–H groups in total. The van der Waals surface area contributed by atoms with Crippen LogP contribution in [0.1, 0.15) is 55.4 Å². The Morgan fingerprint density at radius 1 is 0.207 bits per heavy atom. The zero-order valence-electron chi connectivity index (χ0n) is 65.4. The molecular weight excluding hydrogens is 2180 g/mol. The number of alkyl halides is 16. The lowest BCUT2D eigenvalue weighted by Gasteiger charge is -2.18. The zero-order chi connectivity index (χ0) is 89.4. The van der Waals surface area contributed by atoms with Crippen LogP contribution in [0.4, 0.5) is 0 Å². The molecule has 8 rings (SSSR count). The Morgan fingerprint density at radius 3 is 0.319 bits per heavy atom. The van der Waals surface area contributed by atoms with Crippen LogP contribution in [0.5, 0.6) is 0 Å². The van der Waals surface area contributed by atoms with E-state index in [9.17, 15) is 0 Å². The van der Waals surface area contributed by atoms with E-state index < -0.39 is 28.5 Å². The van der Waals surface area contributed by atoms with E-state index in [0.29, 0.717) is 47.0 Å². The van der Waals surface area contributed by atoms with E-state index in [1.807, 2.05) is 245 Å². The Labute approximate surface area is 795 Å². The van der Waals surface area contributed by atoms with Crippen LogP contribution in [-0.4, -0.2) is 118 Å². The fourth-order valence-electron chi connectivity index (χ4n) is 7.46. The molecule has 0 aromatic carbocycles. The highest BCUT2D eigenvalue weighted by atomic mass is 79.9. The third-order valence-corrected chi connectivity index (χ3v) is 30.0. The fraction of sp³-hybridized carbons (Fsp3) is 0.421. The van der Waals surface area contributed by atoms with E-state index in [4.69, 9.17) is 154 Å². The van der Waals surface area contributed by atoms with Gasteiger partial charge in [-0.1, -0.05) is 176 Å². The number of rotatable bonds is 24. The SMILES string of the molecule is CC(CCl)(CBr)[n+]1ccccc1.CC(CCl)(CBr)[n+]1ccccc1.CC(CCl)(CBr)[n+]1ccccc1.CC(CCl)(CBr)[n+]1ccccc1.CC(CCl)(CBr)[n+]1ccccc1.CC(CCl)(CBr)[n+]1ccccc1.CC(CCl)(CBr)[n+]1ccccc1.CC(CCl)(CBr)[n+]1ccccc1.N#CB([O-])[O-].N#CB([O-])[O-].N#CB([O-])[O-].N#CB([O-])[O-]. The van der Waals surface area contributed by atoms with E-state index in [-0.39, 0.29) is 44.3 Å². The summed E-state index contributed by atoms with van der Waals surface area (Å²) in [5.74, 6) is 8.50. The molecule has 0 bridgehead atoms. The Bertz CT molecular complexity index is 3140. The van der Waals surface area contributed by atoms with Gasteiger partial charge in [0.25, 0.3) is 0 Å². The van der Waals surface area contributed by atoms with Crippen LogP contribution in [0.25, 0.3) is 0 Å². The number of nitrogens with zero attached hydrogens (tertiary/aromatic N) is 12. The first-order chi connectivity index (χ1) is 54.9. The van der Waals surface area contributed by atoms with Crippen LogP contribution in [0, 0.1) is 44.9 Å². The van der Waals surface area contributed by atoms with E-state index in [1.165, 1.54) is 0 Å². The van der Waals surface area contributed by atoms with Crippen molar-refractivity contribution in [2.24, 2.45) is 0 Å². The summed E-state index contributed by atoms with van der Waals surface area (Å²) in [5, 5.41) is 108. The van der Waals surface area contributed by atoms with Gasteiger partial charge in [-0.15, -0.1) is 92.8 Å². The van der Waals surface area contributed by atoms with Gasteiger partial charge in [-0.2, -0.15) is 36.5 Å². The minimum absolute atomic E-state index is 0.0250. The van der Waals surface area contributed by atoms with Gasteiger partial charge in [0.05, 0.1) is 89.7 Å². The molecule has 116 heavy (non-hydrogen) atoms. The molecule has 40 heteroatoms. The summed E-state index contributed by atoms with van der Waals surface area (Å²) < 4.78 is 17.0. The zero-order valence-corrected chi connectivity index (χ0v) is 84.1. The van der Waals surface area contributed by atoms with Crippen LogP contribution >= 0.6 is 220 Å². The van der Waals surface area contributed by atoms with Crippen molar-refractivity contribution >= 4 is 249 Å². The number of hydrogen-bond donors (Lipinski definition) is 0. The topological polar surface area (TPSA) is 311 Å². The lowest BCUT2D eigenvalue weighted by Crippen LogP contribution is -2.56. The summed E-state index contributed by atoms with van der Waals surface area (Å²) >= 11 is 74.8. The summed E-state index contributed by atoms with van der Waals surface area (Å²) in [5.41, 5.74) is -0.200. The van der Waals surface area contributed by atoms with Crippen molar-refractivity contribution in [2.75, 3.05) is 89.7 Å². The first-order valence-electron chi connectivity index (χ1n) is 34.5. The Morgan fingerprint density at radius 2 is 0.276 bits per heavy atom. The number of aromatic nitrogens is 8. The average molecular weight is 2270 g/mol. The summed E-state index contributed by atoms with van der Waals surface area (Å²) in [6.45, 7) is 17.0. The molecule has 8 aromatic heterocycles. The molecule has 20 nitrogen and oxygen atoms in total. The minimum Gasteiger partial charge on any atom is -0.881 e. The molecule has 0 spiro atoms. The Balaban J connectivity index is -0.000000598. The van der Waals surface area contributed by atoms with Crippen LogP contribution in [0.15, 0.2) is 245 Å². The second-order valence-corrected chi connectivity index (χ2v) is 32.8. The minimum atomic E-state index is -2.31. The van der Waals surface area contributed by atoms with Gasteiger partial charge in [0.2, 0.25) is 0 Å². The molecule has 0 radical (unpaired) electrons. The van der Waals surface area contributed by atoms with Gasteiger partial charge in [-0.25, -0.2) is 21.0 Å². The first-order valence-corrected chi connectivity index (χ1v) is 47.7. The van der Waals surface area contributed by atoms with Gasteiger partial charge < -0.3 is 40.2 Å². The number of halogens is 16. The third-order valence-electron chi connectivity index (χ3n) is 15.7. The van der Waals surface area contributed by atoms with Gasteiger partial charge in [0.1, 0.15) is 0 Å². The van der Waals surface area contributed by atoms with Crippen LogP contribution in [0.2, 0.25) is 0 Å². The Kier molecular flexibility index (Phi) is 71.8. The molecule has 0 aliphatic carbocycles. The maximum atomic E-state index is 8.98. The van der Waals surface area contributed by atoms with Crippen molar-refractivity contribution in [1.29, 1.82) is 21.0 Å². The van der Waals surface area contributed by atoms with Crippen molar-refractivity contribution in [1.82, 2.24) is 0 Å². The largest absolute Gasteiger partial charge is 0.881 e. The fourth-order valence-corrected chi connectivity index (χ4v) is 15.0. The predicted octanol–water partition coefficient (Wildman–Crippen LogP) is 7.62. The highest BCUT2D eigenvalue weighted by Crippen LogP contribution is 2.19. The molecule has 8 heterocycles. The van der Waals surface area contributed by atoms with Crippen molar-refractivity contribution in [3.05, 3.63) is 245 Å². The van der Waals surface area contributed by atoms with Crippen LogP contribution in [-0.2, 0) is 44.3 Å². The summed E-state index contributed by atoms with van der Waals surface area (Å²) in [4.78, 5) is 0. The van der Waals surface area contributed by atoms with Gasteiger partial charge in [-0.3, -0.25) is 0 Å². The molecule has 632 valence electrons. The van der Waals surface area contributed by atoms with Gasteiger partial charge >= 0.3 is 0 Å². The molecule has 8 atom stereocenters. The number of nitriles is 4. The molecule has 8 aromatic rings. The molecule has 0 aliphatic heterocycles. The molecule has 0 fully saturated rings. The number of hydrogen-bond acceptors (Lipinski definition) is 12. The van der Waals surface area contributed by atoms with Crippen molar-refractivity contribution in [3.63, 3.8) is 0 Å². The van der Waals surface area contributed by atoms with Gasteiger partial charge in [-0.05, 0) is 23.9 Å². The smallest absolute Gasteiger partial charge is 0.188 e. The lowest BCUT2D eigenvalue weighted by atomic mass is 9.97. The number of pyridine rings is 8. The molecule has 8 unspecified atom stereocenters. The summed E-state index contributed by atoms with van der Waals surface area (Å²) in [6.07, 6.45) is 32.5. The van der Waals surface area contributed by atoms with Crippen LogP contribution < -0.4 is 76.7 Å². The normalized spacial score (nSPS) is 13.9. The molecule has 0 aliphatic rings. The van der Waals surface area contributed by atoms with E-state index in [0.717, 1.165) is 66.5 Å². The quantitative estimate of drug-likeness (QED) is 0.0320. The standard InChI is InChI=1S/8C9H12BrClN.4CBNO2/c8*1-9(7-10,8-11)12-5-3-2-4-6-12;4*3-1-2(4)5/h8*2-6H,7-8H2,1H3;;;;/q8*+1;4*-2. The van der Waals surface area contributed by atoms with Gasteiger partial charge in [0, 0.05) is 181 Å². The second kappa shape index (κ2) is 69.6. The van der Waals surface area contributed by atoms with E-state index in [1.54, 1.807) is 0 Å². The monoisotopic (exact) mass is 2260 g/mol. The van der Waals surface area contributed by atoms with E-state index in [2.05, 4.69) is 219 Å². The second-order valence-electron chi connectivity index (χ2n) is 26.2. The molecule has 0 saturated heterocycles. The van der Waals surface area contributed by atoms with Crippen molar-refractivity contribution < 1.29 is 76.7 Å². The third kappa shape index (κ3) is 49.5. The lowest BCUT2D eigenvalue weighted by molar-refractivity contribution is -0.751. The van der Waals surface area contributed by atoms with Crippen molar-refractivity contribution in [2.45, 2.75) is 99.7 Å². The van der Waals surface area contributed by atoms with Gasteiger partial charge in [0.15, 0.2) is 143 Å². The highest BCUT2D eigenvalue weighted by Gasteiger charge is 2.37.